The van der Waals surface area contributed by atoms with Gasteiger partial charge in [-0.2, -0.15) is 0 Å². The molecule has 0 aliphatic heterocycles. The summed E-state index contributed by atoms with van der Waals surface area (Å²) in [6.07, 6.45) is 6.21. The lowest BCUT2D eigenvalue weighted by Crippen LogP contribution is -1.68. The van der Waals surface area contributed by atoms with Crippen LogP contribution in [0.3, 0.4) is 0 Å². The Labute approximate surface area is 79.5 Å². The van der Waals surface area contributed by atoms with Crippen molar-refractivity contribution in [3.8, 4) is 0 Å². The Kier molecular flexibility index (Phi) is 9.96. The molecular weight excluding hydrogens is 191 g/mol. The minimum Gasteiger partial charge on any atom is -0.303 e. The standard InChI is InChI=1S/C8H16.H3O4P/c1-4-5-6-7-8(2)3;1-5(2,3)4/h7H,4-6H2,1-3H3;(H3,1,2,3,4). The van der Waals surface area contributed by atoms with Crippen LogP contribution in [0.1, 0.15) is 40.0 Å². The van der Waals surface area contributed by atoms with Crippen molar-refractivity contribution in [3.63, 3.8) is 0 Å². The molecule has 0 saturated carbocycles. The van der Waals surface area contributed by atoms with Gasteiger partial charge < -0.3 is 14.7 Å². The highest BCUT2D eigenvalue weighted by Crippen LogP contribution is 2.25. The molecule has 0 aromatic rings. The third kappa shape index (κ3) is 48.9. The molecule has 0 unspecified atom stereocenters. The van der Waals surface area contributed by atoms with Gasteiger partial charge in [0.05, 0.1) is 0 Å². The highest BCUT2D eigenvalue weighted by atomic mass is 31.2. The van der Waals surface area contributed by atoms with Crippen LogP contribution < -0.4 is 0 Å². The van der Waals surface area contributed by atoms with Crippen LogP contribution in [0.15, 0.2) is 11.6 Å². The monoisotopic (exact) mass is 210 g/mol. The molecule has 0 fully saturated rings. The number of unbranched alkanes of at least 4 members (excludes halogenated alkanes) is 2. The van der Waals surface area contributed by atoms with E-state index in [1.54, 1.807) is 0 Å². The van der Waals surface area contributed by atoms with Crippen molar-refractivity contribution >= 4 is 7.82 Å². The van der Waals surface area contributed by atoms with Gasteiger partial charge in [0.1, 0.15) is 0 Å². The summed E-state index contributed by atoms with van der Waals surface area (Å²) >= 11 is 0. The summed E-state index contributed by atoms with van der Waals surface area (Å²) in [5.41, 5.74) is 1.44. The van der Waals surface area contributed by atoms with Gasteiger partial charge in [-0.1, -0.05) is 31.4 Å². The molecule has 0 aromatic carbocycles. The smallest absolute Gasteiger partial charge is 0.303 e. The molecule has 0 saturated heterocycles. The maximum Gasteiger partial charge on any atom is 0.466 e. The normalized spacial score (nSPS) is 10.0. The van der Waals surface area contributed by atoms with E-state index in [-0.39, 0.29) is 0 Å². The maximum atomic E-state index is 8.88. The van der Waals surface area contributed by atoms with E-state index in [0.29, 0.717) is 0 Å². The first-order valence-electron chi connectivity index (χ1n) is 4.19. The van der Waals surface area contributed by atoms with E-state index >= 15 is 0 Å². The Morgan fingerprint density at radius 2 is 1.69 bits per heavy atom. The zero-order valence-electron chi connectivity index (χ0n) is 8.40. The summed E-state index contributed by atoms with van der Waals surface area (Å²) in [5.74, 6) is 0. The fourth-order valence-corrected chi connectivity index (χ4v) is 0.595. The first-order valence-corrected chi connectivity index (χ1v) is 5.75. The van der Waals surface area contributed by atoms with Crippen molar-refractivity contribution in [1.29, 1.82) is 0 Å². The predicted octanol–water partition coefficient (Wildman–Crippen LogP) is 2.21. The minimum absolute atomic E-state index is 1.26. The molecule has 0 heterocycles. The molecule has 0 spiro atoms. The van der Waals surface area contributed by atoms with E-state index in [9.17, 15) is 0 Å². The van der Waals surface area contributed by atoms with Crippen molar-refractivity contribution < 1.29 is 19.2 Å². The van der Waals surface area contributed by atoms with E-state index in [1.165, 1.54) is 24.8 Å². The predicted molar refractivity (Wildman–Crippen MR) is 53.2 cm³/mol. The first kappa shape index (κ1) is 15.3. The summed E-state index contributed by atoms with van der Waals surface area (Å²) in [6, 6.07) is 0. The average Bonchev–Trinajstić information content (AvgIpc) is 1.83. The molecule has 0 bridgehead atoms. The van der Waals surface area contributed by atoms with Crippen LogP contribution in [0, 0.1) is 0 Å². The second-order valence-corrected chi connectivity index (χ2v) is 3.96. The van der Waals surface area contributed by atoms with Gasteiger partial charge in [-0.05, 0) is 20.3 Å². The lowest BCUT2D eigenvalue weighted by atomic mass is 10.2. The molecule has 0 aromatic heterocycles. The summed E-state index contributed by atoms with van der Waals surface area (Å²) in [4.78, 5) is 21.6. The highest BCUT2D eigenvalue weighted by molar-refractivity contribution is 7.45. The van der Waals surface area contributed by atoms with Gasteiger partial charge in [-0.15, -0.1) is 0 Å². The lowest BCUT2D eigenvalue weighted by molar-refractivity contribution is 0.275. The average molecular weight is 210 g/mol. The molecule has 3 N–H and O–H groups in total. The van der Waals surface area contributed by atoms with Gasteiger partial charge in [-0.25, -0.2) is 4.57 Å². The van der Waals surface area contributed by atoms with Gasteiger partial charge >= 0.3 is 7.82 Å². The molecular formula is C8H19O4P. The van der Waals surface area contributed by atoms with Crippen LogP contribution in [0.2, 0.25) is 0 Å². The summed E-state index contributed by atoms with van der Waals surface area (Å²) in [7, 11) is -4.64. The van der Waals surface area contributed by atoms with Crippen LogP contribution in [0.5, 0.6) is 0 Å². The molecule has 0 amide bonds. The van der Waals surface area contributed by atoms with E-state index in [1.807, 2.05) is 0 Å². The van der Waals surface area contributed by atoms with Gasteiger partial charge in [-0.3, -0.25) is 0 Å². The topological polar surface area (TPSA) is 77.8 Å². The SMILES string of the molecule is CCCCC=C(C)C.O=P(O)(O)O. The molecule has 13 heavy (non-hydrogen) atoms. The van der Waals surface area contributed by atoms with E-state index < -0.39 is 7.82 Å². The largest absolute Gasteiger partial charge is 0.466 e. The number of rotatable bonds is 3. The molecule has 0 atom stereocenters. The third-order valence-corrected chi connectivity index (χ3v) is 1.11. The van der Waals surface area contributed by atoms with Crippen molar-refractivity contribution in [2.45, 2.75) is 40.0 Å². The zero-order chi connectivity index (χ0) is 10.9. The van der Waals surface area contributed by atoms with Crippen LogP contribution in [-0.2, 0) is 4.57 Å². The fourth-order valence-electron chi connectivity index (χ4n) is 0.595. The number of phosphoric acid groups is 1. The molecule has 0 radical (unpaired) electrons. The van der Waals surface area contributed by atoms with Crippen LogP contribution in [0.4, 0.5) is 0 Å². The maximum absolute atomic E-state index is 8.88. The Hall–Kier alpha value is -0.150. The number of hydrogen-bond donors (Lipinski definition) is 3. The van der Waals surface area contributed by atoms with Crippen molar-refractivity contribution in [3.05, 3.63) is 11.6 Å². The van der Waals surface area contributed by atoms with Crippen LogP contribution in [0.25, 0.3) is 0 Å². The second-order valence-electron chi connectivity index (χ2n) is 2.94. The summed E-state index contributed by atoms with van der Waals surface area (Å²) < 4.78 is 8.88. The first-order chi connectivity index (χ1) is 5.77. The fraction of sp³-hybridized carbons (Fsp3) is 0.750. The summed E-state index contributed by atoms with van der Waals surface area (Å²) in [5, 5.41) is 0. The molecule has 0 aliphatic carbocycles. The van der Waals surface area contributed by atoms with Crippen molar-refractivity contribution in [2.75, 3.05) is 0 Å². The highest BCUT2D eigenvalue weighted by Gasteiger charge is 2.00. The van der Waals surface area contributed by atoms with Crippen LogP contribution in [-0.4, -0.2) is 14.7 Å². The molecule has 80 valence electrons. The lowest BCUT2D eigenvalue weighted by Gasteiger charge is -1.89. The number of hydrogen-bond acceptors (Lipinski definition) is 1. The van der Waals surface area contributed by atoms with Gasteiger partial charge in [0.25, 0.3) is 0 Å². The van der Waals surface area contributed by atoms with Gasteiger partial charge in [0, 0.05) is 0 Å². The van der Waals surface area contributed by atoms with E-state index in [0.717, 1.165) is 0 Å². The quantitative estimate of drug-likeness (QED) is 0.379. The van der Waals surface area contributed by atoms with E-state index in [2.05, 4.69) is 26.8 Å². The Balaban J connectivity index is 0. The van der Waals surface area contributed by atoms with E-state index in [4.69, 9.17) is 19.2 Å². The summed E-state index contributed by atoms with van der Waals surface area (Å²) in [6.45, 7) is 6.52. The minimum atomic E-state index is -4.64. The van der Waals surface area contributed by atoms with Crippen LogP contribution >= 0.6 is 7.82 Å². The third-order valence-electron chi connectivity index (χ3n) is 1.11. The van der Waals surface area contributed by atoms with Gasteiger partial charge in [0.15, 0.2) is 0 Å². The molecule has 5 heteroatoms. The number of allylic oxidation sites excluding steroid dienone is 2. The van der Waals surface area contributed by atoms with Crippen molar-refractivity contribution in [1.82, 2.24) is 0 Å². The molecule has 0 aliphatic rings. The van der Waals surface area contributed by atoms with Crippen molar-refractivity contribution in [2.24, 2.45) is 0 Å². The Bertz CT molecular complexity index is 170. The Morgan fingerprint density at radius 3 is 1.92 bits per heavy atom. The molecule has 4 nitrogen and oxygen atoms in total. The molecule has 0 rings (SSSR count). The second kappa shape index (κ2) is 8.45. The van der Waals surface area contributed by atoms with Gasteiger partial charge in [0.2, 0.25) is 0 Å². The zero-order valence-corrected chi connectivity index (χ0v) is 9.29. The Morgan fingerprint density at radius 1 is 1.31 bits per heavy atom.